The standard InChI is InChI=1S/C10H7FN2O2/c11-8-1-3-9(4-2-8)13-6-7(5-12-13)10(14)15/h1-6H,(H,14,15). The van der Waals surface area contributed by atoms with Gasteiger partial charge in [-0.1, -0.05) is 0 Å². The van der Waals surface area contributed by atoms with Crippen LogP contribution in [0, 0.1) is 5.82 Å². The number of carboxylic acids is 1. The van der Waals surface area contributed by atoms with Gasteiger partial charge in [0, 0.05) is 6.20 Å². The fraction of sp³-hybridized carbons (Fsp3) is 0. The predicted octanol–water partition coefficient (Wildman–Crippen LogP) is 1.71. The zero-order valence-electron chi connectivity index (χ0n) is 7.59. The summed E-state index contributed by atoms with van der Waals surface area (Å²) in [6.45, 7) is 0. The van der Waals surface area contributed by atoms with Crippen LogP contribution in [0.5, 0.6) is 0 Å². The van der Waals surface area contributed by atoms with Crippen molar-refractivity contribution in [3.8, 4) is 5.69 Å². The number of halogens is 1. The number of hydrogen-bond acceptors (Lipinski definition) is 2. The van der Waals surface area contributed by atoms with Crippen LogP contribution in [0.15, 0.2) is 36.7 Å². The van der Waals surface area contributed by atoms with E-state index in [-0.39, 0.29) is 11.4 Å². The van der Waals surface area contributed by atoms with Gasteiger partial charge in [-0.25, -0.2) is 13.9 Å². The van der Waals surface area contributed by atoms with E-state index in [1.807, 2.05) is 0 Å². The van der Waals surface area contributed by atoms with E-state index < -0.39 is 5.97 Å². The molecule has 0 saturated carbocycles. The number of aromatic nitrogens is 2. The number of aromatic carboxylic acids is 1. The van der Waals surface area contributed by atoms with Gasteiger partial charge in [0.15, 0.2) is 0 Å². The molecule has 15 heavy (non-hydrogen) atoms. The SMILES string of the molecule is O=C(O)c1cnn(-c2ccc(F)cc2)c1. The van der Waals surface area contributed by atoms with Crippen LogP contribution in [0.1, 0.15) is 10.4 Å². The van der Waals surface area contributed by atoms with Crippen molar-refractivity contribution >= 4 is 5.97 Å². The van der Waals surface area contributed by atoms with Crippen molar-refractivity contribution < 1.29 is 14.3 Å². The molecule has 2 aromatic rings. The van der Waals surface area contributed by atoms with Gasteiger partial charge >= 0.3 is 5.97 Å². The average Bonchev–Trinajstić information content (AvgIpc) is 2.68. The molecule has 0 aliphatic carbocycles. The van der Waals surface area contributed by atoms with E-state index >= 15 is 0 Å². The Morgan fingerprint density at radius 3 is 2.53 bits per heavy atom. The van der Waals surface area contributed by atoms with Crippen molar-refractivity contribution in [2.75, 3.05) is 0 Å². The average molecular weight is 206 g/mol. The number of rotatable bonds is 2. The maximum absolute atomic E-state index is 12.6. The van der Waals surface area contributed by atoms with Crippen molar-refractivity contribution in [3.63, 3.8) is 0 Å². The van der Waals surface area contributed by atoms with Crippen molar-refractivity contribution in [2.24, 2.45) is 0 Å². The molecular weight excluding hydrogens is 199 g/mol. The minimum atomic E-state index is -1.04. The van der Waals surface area contributed by atoms with E-state index in [0.29, 0.717) is 5.69 Å². The number of carbonyl (C=O) groups is 1. The Balaban J connectivity index is 2.37. The van der Waals surface area contributed by atoms with Crippen LogP contribution in [0.2, 0.25) is 0 Å². The molecule has 0 aliphatic heterocycles. The van der Waals surface area contributed by atoms with Gasteiger partial charge in [-0.05, 0) is 24.3 Å². The summed E-state index contributed by atoms with van der Waals surface area (Å²) in [6, 6.07) is 5.62. The second-order valence-electron chi connectivity index (χ2n) is 2.96. The van der Waals surface area contributed by atoms with Crippen LogP contribution in [-0.4, -0.2) is 20.9 Å². The quantitative estimate of drug-likeness (QED) is 0.813. The molecule has 1 aromatic heterocycles. The van der Waals surface area contributed by atoms with Crippen LogP contribution in [0.3, 0.4) is 0 Å². The molecule has 0 aliphatic rings. The van der Waals surface area contributed by atoms with Crippen molar-refractivity contribution in [2.45, 2.75) is 0 Å². The second kappa shape index (κ2) is 3.53. The van der Waals surface area contributed by atoms with E-state index in [2.05, 4.69) is 5.10 Å². The number of carboxylic acid groups (broad SMARTS) is 1. The highest BCUT2D eigenvalue weighted by atomic mass is 19.1. The second-order valence-corrected chi connectivity index (χ2v) is 2.96. The molecule has 0 amide bonds. The molecular formula is C10H7FN2O2. The Labute approximate surface area is 84.6 Å². The smallest absolute Gasteiger partial charge is 0.338 e. The van der Waals surface area contributed by atoms with Crippen molar-refractivity contribution in [1.82, 2.24) is 9.78 Å². The molecule has 0 spiro atoms. The number of benzene rings is 1. The summed E-state index contributed by atoms with van der Waals surface area (Å²) in [4.78, 5) is 10.6. The summed E-state index contributed by atoms with van der Waals surface area (Å²) in [5.74, 6) is -1.38. The van der Waals surface area contributed by atoms with E-state index in [0.717, 1.165) is 0 Å². The molecule has 5 heteroatoms. The molecule has 4 nitrogen and oxygen atoms in total. The Hall–Kier alpha value is -2.17. The molecule has 0 atom stereocenters. The molecule has 0 bridgehead atoms. The Morgan fingerprint density at radius 1 is 1.33 bits per heavy atom. The van der Waals surface area contributed by atoms with Gasteiger partial charge in [0.25, 0.3) is 0 Å². The van der Waals surface area contributed by atoms with Crippen LogP contribution < -0.4 is 0 Å². The number of nitrogens with zero attached hydrogens (tertiary/aromatic N) is 2. The largest absolute Gasteiger partial charge is 0.478 e. The van der Waals surface area contributed by atoms with Crippen LogP contribution in [-0.2, 0) is 0 Å². The highest BCUT2D eigenvalue weighted by molar-refractivity contribution is 5.86. The lowest BCUT2D eigenvalue weighted by Crippen LogP contribution is -1.95. The summed E-state index contributed by atoms with van der Waals surface area (Å²) in [6.07, 6.45) is 2.61. The highest BCUT2D eigenvalue weighted by Crippen LogP contribution is 2.09. The van der Waals surface area contributed by atoms with E-state index in [9.17, 15) is 9.18 Å². The lowest BCUT2D eigenvalue weighted by molar-refractivity contribution is 0.0697. The summed E-state index contributed by atoms with van der Waals surface area (Å²) in [5.41, 5.74) is 0.711. The zero-order chi connectivity index (χ0) is 10.8. The molecule has 1 aromatic carbocycles. The first kappa shape index (κ1) is 9.39. The fourth-order valence-electron chi connectivity index (χ4n) is 1.17. The Morgan fingerprint density at radius 2 is 2.00 bits per heavy atom. The van der Waals surface area contributed by atoms with Gasteiger partial charge < -0.3 is 5.11 Å². The summed E-state index contributed by atoms with van der Waals surface area (Å²) >= 11 is 0. The lowest BCUT2D eigenvalue weighted by Gasteiger charge is -1.99. The molecule has 2 rings (SSSR count). The third-order valence-corrected chi connectivity index (χ3v) is 1.92. The van der Waals surface area contributed by atoms with Gasteiger partial charge in [-0.2, -0.15) is 5.10 Å². The summed E-state index contributed by atoms with van der Waals surface area (Å²) < 4.78 is 14.0. The zero-order valence-corrected chi connectivity index (χ0v) is 7.59. The van der Waals surface area contributed by atoms with E-state index in [4.69, 9.17) is 5.11 Å². The van der Waals surface area contributed by atoms with E-state index in [1.54, 1.807) is 0 Å². The van der Waals surface area contributed by atoms with Crippen LogP contribution in [0.4, 0.5) is 4.39 Å². The Kier molecular flexibility index (Phi) is 2.21. The summed E-state index contributed by atoms with van der Waals surface area (Å²) in [5, 5.41) is 12.5. The van der Waals surface area contributed by atoms with Crippen LogP contribution in [0.25, 0.3) is 5.69 Å². The number of hydrogen-bond donors (Lipinski definition) is 1. The van der Waals surface area contributed by atoms with Gasteiger partial charge in [0.05, 0.1) is 17.4 Å². The minimum Gasteiger partial charge on any atom is -0.478 e. The van der Waals surface area contributed by atoms with Gasteiger partial charge in [0.1, 0.15) is 5.82 Å². The molecule has 0 saturated heterocycles. The Bertz CT molecular complexity index is 490. The van der Waals surface area contributed by atoms with Gasteiger partial charge in [0.2, 0.25) is 0 Å². The minimum absolute atomic E-state index is 0.0966. The normalized spacial score (nSPS) is 10.2. The fourth-order valence-corrected chi connectivity index (χ4v) is 1.17. The molecule has 0 fully saturated rings. The van der Waals surface area contributed by atoms with Crippen LogP contribution >= 0.6 is 0 Å². The molecule has 76 valence electrons. The van der Waals surface area contributed by atoms with E-state index in [1.165, 1.54) is 41.3 Å². The maximum atomic E-state index is 12.6. The monoisotopic (exact) mass is 206 g/mol. The van der Waals surface area contributed by atoms with Gasteiger partial charge in [-0.15, -0.1) is 0 Å². The summed E-state index contributed by atoms with van der Waals surface area (Å²) in [7, 11) is 0. The first-order chi connectivity index (χ1) is 7.16. The topological polar surface area (TPSA) is 55.1 Å². The molecule has 1 heterocycles. The highest BCUT2D eigenvalue weighted by Gasteiger charge is 2.06. The molecule has 1 N–H and O–H groups in total. The lowest BCUT2D eigenvalue weighted by atomic mass is 10.3. The first-order valence-electron chi connectivity index (χ1n) is 4.21. The third-order valence-electron chi connectivity index (χ3n) is 1.92. The first-order valence-corrected chi connectivity index (χ1v) is 4.21. The maximum Gasteiger partial charge on any atom is 0.338 e. The van der Waals surface area contributed by atoms with Gasteiger partial charge in [-0.3, -0.25) is 0 Å². The molecule has 0 radical (unpaired) electrons. The molecule has 0 unspecified atom stereocenters. The third kappa shape index (κ3) is 1.85. The van der Waals surface area contributed by atoms with Crippen molar-refractivity contribution in [3.05, 3.63) is 48.0 Å². The van der Waals surface area contributed by atoms with Crippen molar-refractivity contribution in [1.29, 1.82) is 0 Å². The predicted molar refractivity (Wildman–Crippen MR) is 50.5 cm³/mol.